The zero-order valence-corrected chi connectivity index (χ0v) is 49.9. The molecule has 4 heterocycles. The third kappa shape index (κ3) is 14.8. The number of nitrogens with one attached hydrogen (secondary N) is 2. The molecule has 4 aliphatic rings. The molecule has 6 aromatic rings. The zero-order valence-electron chi connectivity index (χ0n) is 49.9. The van der Waals surface area contributed by atoms with Gasteiger partial charge in [-0.2, -0.15) is 0 Å². The standard InChI is InChI=1S/C34H35N3O6.C18H21NO.C16H16N2O6/c1-22-28(32(38)42-4)30(26-16-11-17-27(20-26)37(40)41)29(23(2)35-22)33(39)43-34(3)18-19-36(21-34)31(24-12-7-5-8-13-24)25-14-9-6-10-15-25;1-18(20)12-13-19(14-18)17(15-8-4-2-5-9-15)16-10-6-3-7-11-16;1-8-12(15(19)20)14(13(9(2)17-8)16(21)24-3)10-5-4-6-11(7-10)18(22)23/h5-17,20,30-31,35H,18-19,21H2,1-4H3;2-11,17,20H,12-14H2,1H3;4-7,14,17H,1-3H3,(H,19,20)/t30-,34?;;14-/m0.1/s1. The largest absolute Gasteiger partial charge is 0.478 e. The number of carboxylic acids is 1. The number of nitro benzene ring substituents is 2. The van der Waals surface area contributed by atoms with Gasteiger partial charge < -0.3 is 35.1 Å². The minimum absolute atomic E-state index is 0.0191. The van der Waals surface area contributed by atoms with Crippen molar-refractivity contribution in [1.82, 2.24) is 20.4 Å². The highest BCUT2D eigenvalue weighted by Crippen LogP contribution is 2.44. The van der Waals surface area contributed by atoms with Gasteiger partial charge in [-0.3, -0.25) is 30.0 Å². The lowest BCUT2D eigenvalue weighted by molar-refractivity contribution is -0.385. The second kappa shape index (κ2) is 27.6. The van der Waals surface area contributed by atoms with Crippen molar-refractivity contribution in [3.63, 3.8) is 0 Å². The molecule has 0 spiro atoms. The summed E-state index contributed by atoms with van der Waals surface area (Å²) in [5.74, 6) is -5.00. The Kier molecular flexibility index (Phi) is 20.2. The molecule has 0 saturated carbocycles. The fourth-order valence-electron chi connectivity index (χ4n) is 12.1. The number of nitro groups is 2. The summed E-state index contributed by atoms with van der Waals surface area (Å²) in [6, 6.07) is 53.4. The fourth-order valence-corrected chi connectivity index (χ4v) is 12.1. The molecule has 10 rings (SSSR count). The van der Waals surface area contributed by atoms with E-state index in [-0.39, 0.29) is 45.8 Å². The minimum atomic E-state index is -1.22. The van der Waals surface area contributed by atoms with E-state index in [4.69, 9.17) is 14.2 Å². The molecule has 0 radical (unpaired) electrons. The number of methoxy groups -OCH3 is 2. The summed E-state index contributed by atoms with van der Waals surface area (Å²) >= 11 is 0. The fraction of sp³-hybridized carbons (Fsp3) is 0.294. The van der Waals surface area contributed by atoms with Crippen molar-refractivity contribution in [2.24, 2.45) is 0 Å². The number of ether oxygens (including phenoxy) is 3. The molecular weight excluding hydrogens is 1110 g/mol. The first-order chi connectivity index (χ1) is 41.5. The molecule has 4 aliphatic heterocycles. The Hall–Kier alpha value is -9.56. The monoisotopic (exact) mass is 1180 g/mol. The summed E-state index contributed by atoms with van der Waals surface area (Å²) in [6.07, 6.45) is 1.44. The summed E-state index contributed by atoms with van der Waals surface area (Å²) in [6.45, 7) is 13.4. The predicted octanol–water partition coefficient (Wildman–Crippen LogP) is 11.1. The Morgan fingerprint density at radius 3 is 1.21 bits per heavy atom. The van der Waals surface area contributed by atoms with Crippen LogP contribution in [0, 0.1) is 20.2 Å². The van der Waals surface area contributed by atoms with Crippen LogP contribution in [0.2, 0.25) is 0 Å². The first-order valence-corrected chi connectivity index (χ1v) is 28.4. The highest BCUT2D eigenvalue weighted by atomic mass is 16.6. The number of non-ortho nitro benzene ring substituents is 2. The maximum absolute atomic E-state index is 14.1. The third-order valence-electron chi connectivity index (χ3n) is 16.1. The van der Waals surface area contributed by atoms with Gasteiger partial charge in [-0.25, -0.2) is 19.2 Å². The quantitative estimate of drug-likeness (QED) is 0.0323. The summed E-state index contributed by atoms with van der Waals surface area (Å²) < 4.78 is 16.1. The van der Waals surface area contributed by atoms with E-state index in [0.717, 1.165) is 30.6 Å². The van der Waals surface area contributed by atoms with Crippen LogP contribution in [-0.2, 0) is 33.4 Å². The van der Waals surface area contributed by atoms with Gasteiger partial charge in [0.05, 0.1) is 75.9 Å². The highest BCUT2D eigenvalue weighted by molar-refractivity contribution is 6.00. The number of allylic oxidation sites excluding steroid dienone is 4. The third-order valence-corrected chi connectivity index (χ3v) is 16.1. The number of esters is 3. The number of β-amino-alcohol motifs (C(OH)–C–C–N with tert-alkyl or cyclic N) is 1. The average molecular weight is 1180 g/mol. The highest BCUT2D eigenvalue weighted by Gasteiger charge is 2.45. The lowest BCUT2D eigenvalue weighted by Gasteiger charge is -2.34. The number of aliphatic hydroxyl groups is 1. The van der Waals surface area contributed by atoms with Crippen molar-refractivity contribution in [3.8, 4) is 0 Å². The molecule has 2 unspecified atom stereocenters. The van der Waals surface area contributed by atoms with Crippen molar-refractivity contribution in [3.05, 3.63) is 269 Å². The maximum Gasteiger partial charge on any atom is 0.337 e. The molecule has 0 bridgehead atoms. The second-order valence-electron chi connectivity index (χ2n) is 22.5. The van der Waals surface area contributed by atoms with E-state index < -0.39 is 56.8 Å². The smallest absolute Gasteiger partial charge is 0.337 e. The number of likely N-dealkylation sites (tertiary alicyclic amines) is 2. The van der Waals surface area contributed by atoms with Gasteiger partial charge in [-0.05, 0) is 81.3 Å². The van der Waals surface area contributed by atoms with Crippen LogP contribution >= 0.6 is 0 Å². The topological polar surface area (TPSA) is 253 Å². The Bertz CT molecular complexity index is 3580. The number of hydrogen-bond donors (Lipinski definition) is 4. The molecule has 2 saturated heterocycles. The van der Waals surface area contributed by atoms with E-state index in [1.165, 1.54) is 55.7 Å². The van der Waals surface area contributed by atoms with Crippen LogP contribution in [0.5, 0.6) is 0 Å². The van der Waals surface area contributed by atoms with Crippen molar-refractivity contribution < 1.29 is 53.4 Å². The summed E-state index contributed by atoms with van der Waals surface area (Å²) in [7, 11) is 2.46. The molecule has 2 fully saturated rings. The Balaban J connectivity index is 0.000000187. The molecule has 19 nitrogen and oxygen atoms in total. The van der Waals surface area contributed by atoms with Crippen LogP contribution in [0.1, 0.15) is 112 Å². The number of dihydropyridines is 2. The molecule has 452 valence electrons. The Labute approximate surface area is 505 Å². The Morgan fingerprint density at radius 2 is 0.862 bits per heavy atom. The SMILES string of the molecule is CC1(O)CCN(C(c2ccccc2)c2ccccc2)C1.COC(=O)C1=C(C)NC(C)=C(C(=O)O)[C@H]1c1cccc([N+](=O)[O-])c1.COC(=O)C1=C(C)NC(C)=C(C(=O)OC2(C)CCN(C(c3ccccc3)c3ccccc3)C2)[C@H]1c1cccc([N+](=O)[O-])c1. The van der Waals surface area contributed by atoms with E-state index >= 15 is 0 Å². The van der Waals surface area contributed by atoms with Crippen LogP contribution in [0.3, 0.4) is 0 Å². The van der Waals surface area contributed by atoms with Crippen LogP contribution in [-0.4, -0.2) is 105 Å². The normalized spacial score (nSPS) is 20.4. The minimum Gasteiger partial charge on any atom is -0.478 e. The van der Waals surface area contributed by atoms with Crippen LogP contribution in [0.15, 0.2) is 215 Å². The van der Waals surface area contributed by atoms with Crippen LogP contribution < -0.4 is 10.6 Å². The van der Waals surface area contributed by atoms with Crippen molar-refractivity contribution in [2.75, 3.05) is 40.4 Å². The number of hydrogen-bond acceptors (Lipinski definition) is 16. The molecule has 87 heavy (non-hydrogen) atoms. The number of rotatable bonds is 15. The van der Waals surface area contributed by atoms with E-state index in [9.17, 15) is 49.6 Å². The van der Waals surface area contributed by atoms with Gasteiger partial charge in [0.2, 0.25) is 0 Å². The second-order valence-corrected chi connectivity index (χ2v) is 22.5. The summed E-state index contributed by atoms with van der Waals surface area (Å²) in [5, 5.41) is 48.4. The van der Waals surface area contributed by atoms with Crippen molar-refractivity contribution in [1.29, 1.82) is 0 Å². The van der Waals surface area contributed by atoms with Gasteiger partial charge in [0, 0.05) is 79.7 Å². The van der Waals surface area contributed by atoms with Crippen molar-refractivity contribution in [2.45, 2.75) is 89.5 Å². The molecule has 19 heteroatoms. The van der Waals surface area contributed by atoms with Gasteiger partial charge in [0.1, 0.15) is 5.60 Å². The molecular formula is C68H72N6O13. The molecule has 4 N–H and O–H groups in total. The van der Waals surface area contributed by atoms with Gasteiger partial charge in [-0.1, -0.05) is 146 Å². The van der Waals surface area contributed by atoms with E-state index in [1.54, 1.807) is 45.9 Å². The maximum atomic E-state index is 14.1. The molecule has 0 amide bonds. The van der Waals surface area contributed by atoms with Gasteiger partial charge >= 0.3 is 23.9 Å². The van der Waals surface area contributed by atoms with Crippen LogP contribution in [0.25, 0.3) is 0 Å². The predicted molar refractivity (Wildman–Crippen MR) is 327 cm³/mol. The lowest BCUT2D eigenvalue weighted by Crippen LogP contribution is -2.39. The molecule has 4 atom stereocenters. The number of carboxylic acid groups (broad SMARTS) is 1. The van der Waals surface area contributed by atoms with Gasteiger partial charge in [0.15, 0.2) is 0 Å². The first-order valence-electron chi connectivity index (χ1n) is 28.4. The molecule has 0 aromatic heterocycles. The lowest BCUT2D eigenvalue weighted by atomic mass is 9.80. The molecule has 6 aromatic carbocycles. The first kappa shape index (κ1) is 63.5. The number of carbonyl (C=O) groups is 4. The number of benzene rings is 6. The van der Waals surface area contributed by atoms with Gasteiger partial charge in [-0.15, -0.1) is 0 Å². The number of carbonyl (C=O) groups excluding carboxylic acids is 3. The summed E-state index contributed by atoms with van der Waals surface area (Å²) in [5.41, 5.74) is 6.21. The van der Waals surface area contributed by atoms with Crippen LogP contribution in [0.4, 0.5) is 11.4 Å². The molecule has 0 aliphatic carbocycles. The van der Waals surface area contributed by atoms with Gasteiger partial charge in [0.25, 0.3) is 11.4 Å². The average Bonchev–Trinajstić information content (AvgIpc) is 2.32. The van der Waals surface area contributed by atoms with E-state index in [1.807, 2.05) is 62.4 Å². The number of aliphatic carboxylic acids is 1. The van der Waals surface area contributed by atoms with E-state index in [0.29, 0.717) is 53.4 Å². The number of nitrogens with zero attached hydrogens (tertiary/aromatic N) is 4. The zero-order chi connectivity index (χ0) is 62.7. The Morgan fingerprint density at radius 1 is 0.517 bits per heavy atom. The van der Waals surface area contributed by atoms with Crippen molar-refractivity contribution >= 4 is 35.3 Å². The van der Waals surface area contributed by atoms with E-state index in [2.05, 4.69) is 93.2 Å². The summed E-state index contributed by atoms with van der Waals surface area (Å²) in [4.78, 5) is 77.3.